The van der Waals surface area contributed by atoms with Crippen molar-refractivity contribution < 1.29 is 0 Å². The van der Waals surface area contributed by atoms with E-state index in [9.17, 15) is 0 Å². The Morgan fingerprint density at radius 2 is 1.08 bits per heavy atom. The van der Waals surface area contributed by atoms with Crippen molar-refractivity contribution in [2.75, 3.05) is 9.80 Å². The zero-order valence-corrected chi connectivity index (χ0v) is 30.7. The minimum Gasteiger partial charge on any atom is -0.310 e. The van der Waals surface area contributed by atoms with Crippen LogP contribution in [-0.4, -0.2) is 4.57 Å². The number of anilines is 5. The predicted octanol–water partition coefficient (Wildman–Crippen LogP) is 14.5. The molecule has 0 fully saturated rings. The van der Waals surface area contributed by atoms with Crippen LogP contribution >= 0.6 is 0 Å². The molecule has 3 nitrogen and oxygen atoms in total. The Hall–Kier alpha value is -6.58. The van der Waals surface area contributed by atoms with Gasteiger partial charge in [-0.1, -0.05) is 129 Å². The molecule has 0 N–H and O–H groups in total. The monoisotopic (exact) mass is 685 g/mol. The summed E-state index contributed by atoms with van der Waals surface area (Å²) in [4.78, 5) is 4.76. The van der Waals surface area contributed by atoms with Crippen LogP contribution in [0.2, 0.25) is 0 Å². The average molecular weight is 686 g/mol. The maximum absolute atomic E-state index is 2.47. The van der Waals surface area contributed by atoms with Crippen molar-refractivity contribution in [2.24, 2.45) is 0 Å². The average Bonchev–Trinajstić information content (AvgIpc) is 3.50. The van der Waals surface area contributed by atoms with Crippen LogP contribution in [0.5, 0.6) is 0 Å². The Labute approximate surface area is 313 Å². The van der Waals surface area contributed by atoms with Crippen LogP contribution in [0.1, 0.15) is 27.7 Å². The summed E-state index contributed by atoms with van der Waals surface area (Å²) in [5.74, 6) is 0. The number of nitrogens with zero attached hydrogens (tertiary/aromatic N) is 3. The lowest BCUT2D eigenvalue weighted by Crippen LogP contribution is -2.15. The van der Waals surface area contributed by atoms with E-state index in [0.29, 0.717) is 0 Å². The second-order valence-electron chi connectivity index (χ2n) is 12.8. The highest BCUT2D eigenvalue weighted by Crippen LogP contribution is 2.53. The van der Waals surface area contributed by atoms with E-state index < -0.39 is 0 Å². The minimum atomic E-state index is 1.11. The maximum atomic E-state index is 2.47. The molecule has 0 unspecified atom stereocenters. The first-order valence-corrected chi connectivity index (χ1v) is 18.6. The van der Waals surface area contributed by atoms with E-state index in [2.05, 4.69) is 216 Å². The molecule has 9 rings (SSSR count). The predicted molar refractivity (Wildman–Crippen MR) is 228 cm³/mol. The van der Waals surface area contributed by atoms with E-state index in [-0.39, 0.29) is 0 Å². The smallest absolute Gasteiger partial charge is 0.0626 e. The van der Waals surface area contributed by atoms with Gasteiger partial charge in [-0.05, 0) is 92.2 Å². The van der Waals surface area contributed by atoms with Crippen LogP contribution < -0.4 is 9.80 Å². The summed E-state index contributed by atoms with van der Waals surface area (Å²) in [5, 5.41) is 2.43. The van der Waals surface area contributed by atoms with Crippen molar-refractivity contribution in [1.29, 1.82) is 0 Å². The zero-order chi connectivity index (χ0) is 36.3. The summed E-state index contributed by atoms with van der Waals surface area (Å²) in [5.41, 5.74) is 15.2. The molecule has 0 radical (unpaired) electrons. The fourth-order valence-corrected chi connectivity index (χ4v) is 7.83. The molecule has 1 aromatic heterocycles. The highest BCUT2D eigenvalue weighted by molar-refractivity contribution is 6.19. The number of hydrogen-bond donors (Lipinski definition) is 0. The van der Waals surface area contributed by atoms with Crippen LogP contribution in [0.4, 0.5) is 28.4 Å². The Morgan fingerprint density at radius 1 is 0.509 bits per heavy atom. The third-order valence-corrected chi connectivity index (χ3v) is 9.95. The summed E-state index contributed by atoms with van der Waals surface area (Å²) in [6, 6.07) is 61.4. The van der Waals surface area contributed by atoms with E-state index >= 15 is 0 Å². The van der Waals surface area contributed by atoms with Crippen molar-refractivity contribution in [3.63, 3.8) is 0 Å². The fraction of sp³-hybridized carbons (Fsp3) is 0.0800. The molecule has 1 aliphatic rings. The first kappa shape index (κ1) is 33.6. The molecular weight excluding hydrogens is 643 g/mol. The molecule has 3 heteroatoms. The first-order chi connectivity index (χ1) is 26.3. The van der Waals surface area contributed by atoms with Crippen LogP contribution in [0.25, 0.3) is 49.7 Å². The molecule has 0 saturated heterocycles. The van der Waals surface area contributed by atoms with Gasteiger partial charge < -0.3 is 14.4 Å². The number of hydrogen-bond acceptors (Lipinski definition) is 2. The molecule has 258 valence electrons. The summed E-state index contributed by atoms with van der Waals surface area (Å²) in [6.07, 6.45) is 6.52. The van der Waals surface area contributed by atoms with Gasteiger partial charge in [-0.2, -0.15) is 0 Å². The Bertz CT molecular complexity index is 2560. The third-order valence-electron chi connectivity index (χ3n) is 9.95. The van der Waals surface area contributed by atoms with Gasteiger partial charge in [0, 0.05) is 55.9 Å². The molecule has 53 heavy (non-hydrogen) atoms. The molecule has 0 bridgehead atoms. The van der Waals surface area contributed by atoms with Crippen molar-refractivity contribution >= 4 is 50.2 Å². The van der Waals surface area contributed by atoms with Gasteiger partial charge in [0.15, 0.2) is 0 Å². The van der Waals surface area contributed by atoms with Gasteiger partial charge in [0.2, 0.25) is 0 Å². The number of fused-ring (bicyclic) bond motifs is 9. The van der Waals surface area contributed by atoms with Crippen molar-refractivity contribution in [3.8, 4) is 27.9 Å². The van der Waals surface area contributed by atoms with Crippen molar-refractivity contribution in [3.05, 3.63) is 194 Å². The summed E-state index contributed by atoms with van der Waals surface area (Å²) in [6.45, 7) is 8.20. The number of aromatic nitrogens is 1. The molecule has 0 amide bonds. The largest absolute Gasteiger partial charge is 0.310 e. The number of rotatable bonds is 6. The van der Waals surface area contributed by atoms with E-state index in [1.165, 1.54) is 49.7 Å². The van der Waals surface area contributed by atoms with E-state index in [1.54, 1.807) is 0 Å². The van der Waals surface area contributed by atoms with Crippen molar-refractivity contribution in [1.82, 2.24) is 4.57 Å². The van der Waals surface area contributed by atoms with Gasteiger partial charge in [-0.3, -0.25) is 0 Å². The quantitative estimate of drug-likeness (QED) is 0.161. The van der Waals surface area contributed by atoms with Gasteiger partial charge in [0.1, 0.15) is 0 Å². The standard InChI is InChI=1S/C48H37N3.C2H6/c1-3-18-34(4-2)50-44-27-16-14-25-39(44)40-30-31-41-43-33-38(49(35-19-8-5-9-20-35)36-21-10-6-11-22-36)29-32-46(43)51(37-23-12-7-13-24-37)48(41)47(40)42-26-15-17-28-45(42)50;1-2/h3-33H,1-2H3;1-2H3/b18-3-,34-4+;. The summed E-state index contributed by atoms with van der Waals surface area (Å²) in [7, 11) is 0. The lowest BCUT2D eigenvalue weighted by molar-refractivity contribution is 1.18. The van der Waals surface area contributed by atoms with Crippen LogP contribution in [0.3, 0.4) is 0 Å². The van der Waals surface area contributed by atoms with Gasteiger partial charge in [-0.15, -0.1) is 0 Å². The van der Waals surface area contributed by atoms with Crippen LogP contribution in [0.15, 0.2) is 194 Å². The second-order valence-corrected chi connectivity index (χ2v) is 12.8. The van der Waals surface area contributed by atoms with Gasteiger partial charge in [-0.25, -0.2) is 0 Å². The highest BCUT2D eigenvalue weighted by Gasteiger charge is 2.29. The van der Waals surface area contributed by atoms with E-state index in [4.69, 9.17) is 0 Å². The van der Waals surface area contributed by atoms with Gasteiger partial charge >= 0.3 is 0 Å². The Morgan fingerprint density at radius 3 is 1.70 bits per heavy atom. The zero-order valence-electron chi connectivity index (χ0n) is 30.7. The third kappa shape index (κ3) is 5.71. The van der Waals surface area contributed by atoms with Crippen molar-refractivity contribution in [2.45, 2.75) is 27.7 Å². The molecule has 0 spiro atoms. The molecule has 8 aromatic rings. The fourth-order valence-electron chi connectivity index (χ4n) is 7.83. The molecule has 0 saturated carbocycles. The number of benzene rings is 7. The normalized spacial score (nSPS) is 12.2. The lowest BCUT2D eigenvalue weighted by Gasteiger charge is -2.28. The topological polar surface area (TPSA) is 11.4 Å². The van der Waals surface area contributed by atoms with Crippen LogP contribution in [0, 0.1) is 0 Å². The highest BCUT2D eigenvalue weighted by atomic mass is 15.2. The Balaban J connectivity index is 0.00000197. The van der Waals surface area contributed by atoms with E-state index in [0.717, 1.165) is 34.1 Å². The summed E-state index contributed by atoms with van der Waals surface area (Å²) >= 11 is 0. The van der Waals surface area contributed by atoms with Crippen LogP contribution in [-0.2, 0) is 0 Å². The Kier molecular flexibility index (Phi) is 9.23. The molecule has 0 atom stereocenters. The minimum absolute atomic E-state index is 1.11. The first-order valence-electron chi connectivity index (χ1n) is 18.6. The number of para-hydroxylation sites is 5. The molecular formula is C50H43N3. The SMILES string of the molecule is C/C=C\C(=C/C)N1c2ccccc2-c2ccc3c4cc(N(c5ccccc5)c5ccccc5)ccc4n(-c4ccccc4)c3c2-c2ccccc21.CC. The summed E-state index contributed by atoms with van der Waals surface area (Å²) < 4.78 is 2.47. The molecule has 1 aliphatic heterocycles. The molecule has 2 heterocycles. The van der Waals surface area contributed by atoms with Gasteiger partial charge in [0.05, 0.1) is 22.4 Å². The number of allylic oxidation sites excluding steroid dienone is 3. The molecule has 0 aliphatic carbocycles. The lowest BCUT2D eigenvalue weighted by atomic mass is 9.92. The maximum Gasteiger partial charge on any atom is 0.0626 e. The van der Waals surface area contributed by atoms with E-state index in [1.807, 2.05) is 13.8 Å². The van der Waals surface area contributed by atoms with Gasteiger partial charge in [0.25, 0.3) is 0 Å². The molecule has 7 aromatic carbocycles. The second kappa shape index (κ2) is 14.6.